The van der Waals surface area contributed by atoms with E-state index in [1.807, 2.05) is 31.2 Å². The summed E-state index contributed by atoms with van der Waals surface area (Å²) in [6.07, 6.45) is 4.01. The minimum atomic E-state index is -0.00474. The van der Waals surface area contributed by atoms with Crippen molar-refractivity contribution in [1.82, 2.24) is 4.98 Å². The van der Waals surface area contributed by atoms with Gasteiger partial charge in [0.15, 0.2) is 0 Å². The molecule has 1 aromatic heterocycles. The van der Waals surface area contributed by atoms with E-state index in [1.165, 1.54) is 5.56 Å². The van der Waals surface area contributed by atoms with Crippen molar-refractivity contribution in [2.75, 3.05) is 0 Å². The maximum atomic E-state index is 5.78. The summed E-state index contributed by atoms with van der Waals surface area (Å²) in [6.45, 7) is 4.11. The van der Waals surface area contributed by atoms with Gasteiger partial charge in [0.1, 0.15) is 5.75 Å². The molecule has 0 radical (unpaired) electrons. The van der Waals surface area contributed by atoms with E-state index in [4.69, 9.17) is 10.5 Å². The van der Waals surface area contributed by atoms with Gasteiger partial charge in [-0.25, -0.2) is 4.98 Å². The summed E-state index contributed by atoms with van der Waals surface area (Å²) in [6, 6.07) is 11.9. The molecule has 0 saturated carbocycles. The minimum Gasteiger partial charge on any atom is -0.439 e. The number of aromatic nitrogens is 1. The maximum Gasteiger partial charge on any atom is 0.219 e. The Bertz CT molecular complexity index is 503. The van der Waals surface area contributed by atoms with Crippen LogP contribution in [-0.2, 0) is 6.42 Å². The molecule has 0 aliphatic heterocycles. The number of nitrogens with zero attached hydrogens (tertiary/aromatic N) is 1. The Balaban J connectivity index is 2.04. The average molecular weight is 256 g/mol. The van der Waals surface area contributed by atoms with Crippen molar-refractivity contribution >= 4 is 0 Å². The molecule has 0 aliphatic carbocycles. The average Bonchev–Trinajstić information content (AvgIpc) is 2.42. The zero-order valence-electron chi connectivity index (χ0n) is 11.5. The molecule has 1 atom stereocenters. The van der Waals surface area contributed by atoms with E-state index in [1.54, 1.807) is 6.20 Å². The van der Waals surface area contributed by atoms with Gasteiger partial charge in [0, 0.05) is 18.3 Å². The molecule has 0 saturated heterocycles. The van der Waals surface area contributed by atoms with Crippen LogP contribution in [0.3, 0.4) is 0 Å². The zero-order chi connectivity index (χ0) is 13.7. The lowest BCUT2D eigenvalue weighted by Crippen LogP contribution is -2.05. The highest BCUT2D eigenvalue weighted by molar-refractivity contribution is 5.31. The molecule has 0 bridgehead atoms. The molecule has 3 heteroatoms. The third-order valence-electron chi connectivity index (χ3n) is 2.97. The van der Waals surface area contributed by atoms with Crippen molar-refractivity contribution in [1.29, 1.82) is 0 Å². The summed E-state index contributed by atoms with van der Waals surface area (Å²) >= 11 is 0. The number of ether oxygens (including phenoxy) is 1. The fourth-order valence-corrected chi connectivity index (χ4v) is 1.86. The number of pyridine rings is 1. The first-order valence-corrected chi connectivity index (χ1v) is 6.67. The highest BCUT2D eigenvalue weighted by Gasteiger charge is 2.02. The van der Waals surface area contributed by atoms with E-state index in [-0.39, 0.29) is 6.04 Å². The molecule has 19 heavy (non-hydrogen) atoms. The van der Waals surface area contributed by atoms with Crippen LogP contribution in [0.25, 0.3) is 0 Å². The van der Waals surface area contributed by atoms with Crippen molar-refractivity contribution < 1.29 is 4.74 Å². The lowest BCUT2D eigenvalue weighted by molar-refractivity contribution is 0.462. The van der Waals surface area contributed by atoms with E-state index in [0.29, 0.717) is 5.88 Å². The second-order valence-electron chi connectivity index (χ2n) is 4.71. The smallest absolute Gasteiger partial charge is 0.219 e. The number of benzene rings is 1. The molecule has 100 valence electrons. The topological polar surface area (TPSA) is 48.1 Å². The molecule has 0 unspecified atom stereocenters. The Morgan fingerprint density at radius 2 is 1.89 bits per heavy atom. The maximum absolute atomic E-state index is 5.78. The van der Waals surface area contributed by atoms with Gasteiger partial charge < -0.3 is 10.5 Å². The predicted octanol–water partition coefficient (Wildman–Crippen LogP) is 3.85. The fraction of sp³-hybridized carbons (Fsp3) is 0.312. The molecule has 1 heterocycles. The normalized spacial score (nSPS) is 12.2. The Morgan fingerprint density at radius 1 is 1.16 bits per heavy atom. The molecule has 0 fully saturated rings. The van der Waals surface area contributed by atoms with E-state index in [0.717, 1.165) is 24.2 Å². The Hall–Kier alpha value is -1.87. The van der Waals surface area contributed by atoms with Crippen LogP contribution in [-0.4, -0.2) is 4.98 Å². The van der Waals surface area contributed by atoms with Crippen LogP contribution in [0.15, 0.2) is 42.6 Å². The van der Waals surface area contributed by atoms with E-state index in [2.05, 4.69) is 24.0 Å². The molecule has 0 aliphatic rings. The number of nitrogens with two attached hydrogens (primary N) is 1. The Morgan fingerprint density at radius 3 is 2.42 bits per heavy atom. The first-order valence-electron chi connectivity index (χ1n) is 6.67. The van der Waals surface area contributed by atoms with Crippen LogP contribution in [0, 0.1) is 0 Å². The summed E-state index contributed by atoms with van der Waals surface area (Å²) in [4.78, 5) is 4.25. The standard InChI is InChI=1S/C16H20N2O/c1-3-4-13-5-8-15(9-6-13)19-16-10-7-14(11-18-16)12(2)17/h5-12H,3-4,17H2,1-2H3/t12-/m1/s1. The second kappa shape index (κ2) is 6.34. The summed E-state index contributed by atoms with van der Waals surface area (Å²) < 4.78 is 5.69. The van der Waals surface area contributed by atoms with Gasteiger partial charge in [-0.1, -0.05) is 31.5 Å². The summed E-state index contributed by atoms with van der Waals surface area (Å²) in [5, 5.41) is 0. The van der Waals surface area contributed by atoms with Crippen molar-refractivity contribution in [3.05, 3.63) is 53.7 Å². The van der Waals surface area contributed by atoms with Gasteiger partial charge in [0.05, 0.1) is 0 Å². The van der Waals surface area contributed by atoms with E-state index in [9.17, 15) is 0 Å². The SMILES string of the molecule is CCCc1ccc(Oc2ccc([C@@H](C)N)cn2)cc1. The first-order chi connectivity index (χ1) is 9.19. The summed E-state index contributed by atoms with van der Waals surface area (Å²) in [5.74, 6) is 1.40. The van der Waals surface area contributed by atoms with E-state index >= 15 is 0 Å². The number of aryl methyl sites for hydroxylation is 1. The Kier molecular flexibility index (Phi) is 4.53. The van der Waals surface area contributed by atoms with Crippen LogP contribution >= 0.6 is 0 Å². The van der Waals surface area contributed by atoms with Crippen molar-refractivity contribution in [2.24, 2.45) is 5.73 Å². The largest absolute Gasteiger partial charge is 0.439 e. The number of hydrogen-bond donors (Lipinski definition) is 1. The molecule has 2 aromatic rings. The molecule has 0 spiro atoms. The van der Waals surface area contributed by atoms with Crippen LogP contribution in [0.2, 0.25) is 0 Å². The highest BCUT2D eigenvalue weighted by atomic mass is 16.5. The summed E-state index contributed by atoms with van der Waals surface area (Å²) in [7, 11) is 0. The first kappa shape index (κ1) is 13.6. The quantitative estimate of drug-likeness (QED) is 0.884. The fourth-order valence-electron chi connectivity index (χ4n) is 1.86. The lowest BCUT2D eigenvalue weighted by atomic mass is 10.1. The molecule has 2 N–H and O–H groups in total. The third-order valence-corrected chi connectivity index (χ3v) is 2.97. The van der Waals surface area contributed by atoms with Gasteiger partial charge in [-0.15, -0.1) is 0 Å². The zero-order valence-corrected chi connectivity index (χ0v) is 11.5. The molecular weight excluding hydrogens is 236 g/mol. The molecular formula is C16H20N2O. The van der Waals surface area contributed by atoms with Gasteiger partial charge in [-0.3, -0.25) is 0 Å². The van der Waals surface area contributed by atoms with Crippen LogP contribution in [0.1, 0.15) is 37.4 Å². The molecule has 1 aromatic carbocycles. The van der Waals surface area contributed by atoms with E-state index < -0.39 is 0 Å². The van der Waals surface area contributed by atoms with Gasteiger partial charge in [-0.05, 0) is 36.6 Å². The predicted molar refractivity (Wildman–Crippen MR) is 77.4 cm³/mol. The van der Waals surface area contributed by atoms with Crippen LogP contribution in [0.5, 0.6) is 11.6 Å². The monoisotopic (exact) mass is 256 g/mol. The molecule has 0 amide bonds. The van der Waals surface area contributed by atoms with Crippen molar-refractivity contribution in [3.63, 3.8) is 0 Å². The lowest BCUT2D eigenvalue weighted by Gasteiger charge is -2.08. The van der Waals surface area contributed by atoms with Crippen LogP contribution in [0.4, 0.5) is 0 Å². The Labute approximate surface area is 114 Å². The van der Waals surface area contributed by atoms with Crippen molar-refractivity contribution in [2.45, 2.75) is 32.7 Å². The van der Waals surface area contributed by atoms with Gasteiger partial charge >= 0.3 is 0 Å². The number of hydrogen-bond acceptors (Lipinski definition) is 3. The second-order valence-corrected chi connectivity index (χ2v) is 4.71. The molecule has 3 nitrogen and oxygen atoms in total. The minimum absolute atomic E-state index is 0.00474. The summed E-state index contributed by atoms with van der Waals surface area (Å²) in [5.41, 5.74) is 8.11. The number of rotatable bonds is 5. The van der Waals surface area contributed by atoms with Gasteiger partial charge in [-0.2, -0.15) is 0 Å². The van der Waals surface area contributed by atoms with Gasteiger partial charge in [0.2, 0.25) is 5.88 Å². The third kappa shape index (κ3) is 3.80. The highest BCUT2D eigenvalue weighted by Crippen LogP contribution is 2.21. The van der Waals surface area contributed by atoms with Crippen molar-refractivity contribution in [3.8, 4) is 11.6 Å². The molecule has 2 rings (SSSR count). The van der Waals surface area contributed by atoms with Crippen LogP contribution < -0.4 is 10.5 Å². The van der Waals surface area contributed by atoms with Gasteiger partial charge in [0.25, 0.3) is 0 Å².